The smallest absolute Gasteiger partial charge is 0.338 e. The van der Waals surface area contributed by atoms with Crippen molar-refractivity contribution in [2.24, 2.45) is 0 Å². The van der Waals surface area contributed by atoms with Crippen LogP contribution in [0.5, 0.6) is 0 Å². The van der Waals surface area contributed by atoms with E-state index >= 15 is 0 Å². The molecular formula is C14H12FNO3S. The SMILES string of the molecule is O=C(O)c1cc(S(=O)CCc2ccccn2)ccc1F. The van der Waals surface area contributed by atoms with E-state index in [0.29, 0.717) is 17.1 Å². The second-order valence-electron chi connectivity index (χ2n) is 4.07. The molecule has 1 N–H and O–H groups in total. The second kappa shape index (κ2) is 6.38. The fourth-order valence-electron chi connectivity index (χ4n) is 1.67. The molecule has 1 heterocycles. The molecule has 0 fully saturated rings. The molecule has 0 amide bonds. The number of hydrogen-bond donors (Lipinski definition) is 1. The quantitative estimate of drug-likeness (QED) is 0.918. The van der Waals surface area contributed by atoms with Crippen molar-refractivity contribution in [2.75, 3.05) is 5.75 Å². The fraction of sp³-hybridized carbons (Fsp3) is 0.143. The van der Waals surface area contributed by atoms with Crippen LogP contribution in [0.3, 0.4) is 0 Å². The van der Waals surface area contributed by atoms with Gasteiger partial charge in [-0.2, -0.15) is 0 Å². The normalized spacial score (nSPS) is 12.1. The summed E-state index contributed by atoms with van der Waals surface area (Å²) < 4.78 is 25.3. The lowest BCUT2D eigenvalue weighted by Gasteiger charge is -2.04. The maximum atomic E-state index is 13.2. The topological polar surface area (TPSA) is 67.3 Å². The molecule has 0 bridgehead atoms. The van der Waals surface area contributed by atoms with E-state index in [1.807, 2.05) is 12.1 Å². The van der Waals surface area contributed by atoms with Crippen LogP contribution in [0.15, 0.2) is 47.5 Å². The van der Waals surface area contributed by atoms with Gasteiger partial charge in [-0.3, -0.25) is 9.19 Å². The summed E-state index contributed by atoms with van der Waals surface area (Å²) in [6, 6.07) is 8.94. The van der Waals surface area contributed by atoms with E-state index in [9.17, 15) is 13.4 Å². The number of rotatable bonds is 5. The number of aromatic nitrogens is 1. The van der Waals surface area contributed by atoms with Gasteiger partial charge < -0.3 is 5.11 Å². The zero-order valence-electron chi connectivity index (χ0n) is 10.5. The van der Waals surface area contributed by atoms with Crippen LogP contribution in [-0.4, -0.2) is 26.0 Å². The first-order valence-corrected chi connectivity index (χ1v) is 7.21. The monoisotopic (exact) mass is 293 g/mol. The van der Waals surface area contributed by atoms with Crippen molar-refractivity contribution in [3.05, 3.63) is 59.7 Å². The zero-order chi connectivity index (χ0) is 14.5. The predicted octanol–water partition coefficient (Wildman–Crippen LogP) is 2.27. The maximum absolute atomic E-state index is 13.2. The second-order valence-corrected chi connectivity index (χ2v) is 5.64. The van der Waals surface area contributed by atoms with Crippen molar-refractivity contribution in [3.8, 4) is 0 Å². The number of pyridine rings is 1. The van der Waals surface area contributed by atoms with Crippen LogP contribution < -0.4 is 0 Å². The minimum absolute atomic E-state index is 0.305. The van der Waals surface area contributed by atoms with Crippen molar-refractivity contribution < 1.29 is 18.5 Å². The van der Waals surface area contributed by atoms with Crippen molar-refractivity contribution in [1.82, 2.24) is 4.98 Å². The molecule has 4 nitrogen and oxygen atoms in total. The molecule has 1 atom stereocenters. The van der Waals surface area contributed by atoms with Gasteiger partial charge >= 0.3 is 5.97 Å². The van der Waals surface area contributed by atoms with E-state index in [0.717, 1.165) is 17.8 Å². The van der Waals surface area contributed by atoms with Crippen LogP contribution >= 0.6 is 0 Å². The fourth-order valence-corrected chi connectivity index (χ4v) is 2.77. The number of aryl methyl sites for hydroxylation is 1. The average molecular weight is 293 g/mol. The Labute approximate surface area is 117 Å². The molecule has 104 valence electrons. The number of nitrogens with zero attached hydrogens (tertiary/aromatic N) is 1. The van der Waals surface area contributed by atoms with Crippen LogP contribution in [0.4, 0.5) is 4.39 Å². The molecular weight excluding hydrogens is 281 g/mol. The Morgan fingerprint density at radius 1 is 1.30 bits per heavy atom. The van der Waals surface area contributed by atoms with E-state index in [4.69, 9.17) is 5.11 Å². The van der Waals surface area contributed by atoms with Crippen molar-refractivity contribution in [1.29, 1.82) is 0 Å². The summed E-state index contributed by atoms with van der Waals surface area (Å²) in [5.41, 5.74) is 0.343. The van der Waals surface area contributed by atoms with Crippen molar-refractivity contribution in [3.63, 3.8) is 0 Å². The van der Waals surface area contributed by atoms with E-state index in [1.165, 1.54) is 6.07 Å². The highest BCUT2D eigenvalue weighted by Crippen LogP contribution is 2.14. The highest BCUT2D eigenvalue weighted by molar-refractivity contribution is 7.85. The van der Waals surface area contributed by atoms with Gasteiger partial charge in [-0.05, 0) is 30.3 Å². The lowest BCUT2D eigenvalue weighted by molar-refractivity contribution is 0.0691. The molecule has 20 heavy (non-hydrogen) atoms. The van der Waals surface area contributed by atoms with E-state index in [-0.39, 0.29) is 0 Å². The Kier molecular flexibility index (Phi) is 4.57. The minimum Gasteiger partial charge on any atom is -0.478 e. The van der Waals surface area contributed by atoms with Crippen LogP contribution in [0, 0.1) is 5.82 Å². The highest BCUT2D eigenvalue weighted by Gasteiger charge is 2.13. The first-order chi connectivity index (χ1) is 9.58. The molecule has 0 saturated carbocycles. The van der Waals surface area contributed by atoms with Gasteiger partial charge in [0.15, 0.2) is 0 Å². The van der Waals surface area contributed by atoms with Gasteiger partial charge in [0.25, 0.3) is 0 Å². The molecule has 0 radical (unpaired) electrons. The van der Waals surface area contributed by atoms with Gasteiger partial charge in [0, 0.05) is 29.0 Å². The summed E-state index contributed by atoms with van der Waals surface area (Å²) in [4.78, 5) is 15.2. The van der Waals surface area contributed by atoms with Crippen LogP contribution in [0.2, 0.25) is 0 Å². The molecule has 0 aliphatic heterocycles. The van der Waals surface area contributed by atoms with Gasteiger partial charge in [0.1, 0.15) is 5.82 Å². The molecule has 6 heteroatoms. The van der Waals surface area contributed by atoms with Crippen LogP contribution in [0.1, 0.15) is 16.1 Å². The summed E-state index contributed by atoms with van der Waals surface area (Å²) in [5, 5.41) is 8.83. The minimum atomic E-state index is -1.39. The third kappa shape index (κ3) is 3.48. The van der Waals surface area contributed by atoms with Gasteiger partial charge in [-0.25, -0.2) is 9.18 Å². The van der Waals surface area contributed by atoms with Gasteiger partial charge in [-0.1, -0.05) is 6.07 Å². The molecule has 1 aromatic heterocycles. The first-order valence-electron chi connectivity index (χ1n) is 5.89. The Morgan fingerprint density at radius 2 is 2.10 bits per heavy atom. The average Bonchev–Trinajstić information content (AvgIpc) is 2.46. The largest absolute Gasteiger partial charge is 0.478 e. The number of benzene rings is 1. The number of aromatic carboxylic acids is 1. The molecule has 0 saturated heterocycles. The third-order valence-corrected chi connectivity index (χ3v) is 4.06. The predicted molar refractivity (Wildman–Crippen MR) is 72.6 cm³/mol. The summed E-state index contributed by atoms with van der Waals surface area (Å²) >= 11 is 0. The third-order valence-electron chi connectivity index (χ3n) is 2.70. The maximum Gasteiger partial charge on any atom is 0.338 e. The van der Waals surface area contributed by atoms with Crippen LogP contribution in [-0.2, 0) is 17.2 Å². The molecule has 0 spiro atoms. The number of carboxylic acid groups (broad SMARTS) is 1. The number of halogens is 1. The summed E-state index contributed by atoms with van der Waals surface area (Å²) in [6.45, 7) is 0. The van der Waals surface area contributed by atoms with Gasteiger partial charge in [-0.15, -0.1) is 0 Å². The lowest BCUT2D eigenvalue weighted by Crippen LogP contribution is -2.06. The number of carboxylic acids is 1. The molecule has 2 rings (SSSR count). The standard InChI is InChI=1S/C14H12FNO3S/c15-13-5-4-11(9-12(13)14(17)18)20(19)8-6-10-3-1-2-7-16-10/h1-5,7,9H,6,8H2,(H,17,18). The zero-order valence-corrected chi connectivity index (χ0v) is 11.3. The van der Waals surface area contributed by atoms with Crippen LogP contribution in [0.25, 0.3) is 0 Å². The number of hydrogen-bond acceptors (Lipinski definition) is 3. The van der Waals surface area contributed by atoms with Crippen molar-refractivity contribution >= 4 is 16.8 Å². The Balaban J connectivity index is 2.10. The molecule has 1 aromatic carbocycles. The lowest BCUT2D eigenvalue weighted by atomic mass is 10.2. The van der Waals surface area contributed by atoms with E-state index in [2.05, 4.69) is 4.98 Å². The highest BCUT2D eigenvalue weighted by atomic mass is 32.2. The van der Waals surface area contributed by atoms with Gasteiger partial charge in [0.2, 0.25) is 0 Å². The number of carbonyl (C=O) groups is 1. The van der Waals surface area contributed by atoms with E-state index in [1.54, 1.807) is 12.3 Å². The molecule has 2 aromatic rings. The molecule has 0 aliphatic carbocycles. The van der Waals surface area contributed by atoms with Gasteiger partial charge in [0.05, 0.1) is 16.4 Å². The Bertz CT molecular complexity index is 646. The Hall–Kier alpha value is -2.08. The van der Waals surface area contributed by atoms with Crippen molar-refractivity contribution in [2.45, 2.75) is 11.3 Å². The Morgan fingerprint density at radius 3 is 2.75 bits per heavy atom. The first kappa shape index (κ1) is 14.3. The molecule has 0 aliphatic rings. The summed E-state index contributed by atoms with van der Waals surface area (Å²) in [7, 11) is -1.39. The summed E-state index contributed by atoms with van der Waals surface area (Å²) in [6.07, 6.45) is 2.16. The molecule has 1 unspecified atom stereocenters. The van der Waals surface area contributed by atoms with E-state index < -0.39 is 28.1 Å². The summed E-state index contributed by atoms with van der Waals surface area (Å²) in [5.74, 6) is -1.89.